The van der Waals surface area contributed by atoms with E-state index in [1.807, 2.05) is 36.4 Å². The molecule has 0 bridgehead atoms. The lowest BCUT2D eigenvalue weighted by Gasteiger charge is -2.21. The molecule has 0 aliphatic heterocycles. The third-order valence-corrected chi connectivity index (χ3v) is 3.52. The van der Waals surface area contributed by atoms with Crippen LogP contribution in [0.5, 0.6) is 0 Å². The first-order chi connectivity index (χ1) is 9.19. The van der Waals surface area contributed by atoms with Crippen LogP contribution in [0.15, 0.2) is 48.5 Å². The van der Waals surface area contributed by atoms with Gasteiger partial charge in [0.2, 0.25) is 0 Å². The molecule has 0 radical (unpaired) electrons. The Morgan fingerprint density at radius 2 is 1.80 bits per heavy atom. The van der Waals surface area contributed by atoms with Gasteiger partial charge in [0, 0.05) is 23.8 Å². The topological polar surface area (TPSA) is 29.3 Å². The van der Waals surface area contributed by atoms with Crippen LogP contribution >= 0.6 is 24.0 Å². The molecule has 0 unspecified atom stereocenters. The second-order valence-corrected chi connectivity index (χ2v) is 5.05. The average molecular weight is 311 g/mol. The standard InChI is InChI=1S/C16H19ClN2.ClH/c1-2-19(11-13-6-5-8-15(18)10-13)12-14-7-3-4-9-16(14)17;/h3-10H,2,11-12,18H2,1H3;1H. The van der Waals surface area contributed by atoms with Gasteiger partial charge in [0.1, 0.15) is 0 Å². The van der Waals surface area contributed by atoms with Crippen molar-refractivity contribution in [1.82, 2.24) is 4.90 Å². The lowest BCUT2D eigenvalue weighted by atomic mass is 10.1. The van der Waals surface area contributed by atoms with Crippen LogP contribution in [0, 0.1) is 0 Å². The summed E-state index contributed by atoms with van der Waals surface area (Å²) in [4.78, 5) is 2.34. The number of rotatable bonds is 5. The van der Waals surface area contributed by atoms with Crippen molar-refractivity contribution < 1.29 is 0 Å². The fraction of sp³-hybridized carbons (Fsp3) is 0.250. The van der Waals surface area contributed by atoms with Crippen LogP contribution in [0.1, 0.15) is 18.1 Å². The Balaban J connectivity index is 0.00000200. The van der Waals surface area contributed by atoms with Crippen LogP contribution in [-0.4, -0.2) is 11.4 Å². The highest BCUT2D eigenvalue weighted by molar-refractivity contribution is 6.31. The molecule has 0 aliphatic rings. The fourth-order valence-corrected chi connectivity index (χ4v) is 2.29. The lowest BCUT2D eigenvalue weighted by Crippen LogP contribution is -2.22. The minimum absolute atomic E-state index is 0. The Bertz CT molecular complexity index is 544. The summed E-state index contributed by atoms with van der Waals surface area (Å²) in [6.07, 6.45) is 0. The number of benzene rings is 2. The summed E-state index contributed by atoms with van der Waals surface area (Å²) >= 11 is 6.21. The molecule has 2 rings (SSSR count). The van der Waals surface area contributed by atoms with Crippen molar-refractivity contribution in [3.8, 4) is 0 Å². The molecule has 2 nitrogen and oxygen atoms in total. The Morgan fingerprint density at radius 1 is 1.05 bits per heavy atom. The first-order valence-corrected chi connectivity index (χ1v) is 6.87. The van der Waals surface area contributed by atoms with E-state index in [1.165, 1.54) is 5.56 Å². The maximum Gasteiger partial charge on any atom is 0.0451 e. The number of nitrogens with two attached hydrogens (primary N) is 1. The van der Waals surface area contributed by atoms with Crippen LogP contribution in [0.3, 0.4) is 0 Å². The molecule has 0 fully saturated rings. The molecule has 2 aromatic carbocycles. The van der Waals surface area contributed by atoms with Gasteiger partial charge in [-0.15, -0.1) is 12.4 Å². The van der Waals surface area contributed by atoms with E-state index >= 15 is 0 Å². The molecule has 108 valence electrons. The molecule has 0 saturated carbocycles. The molecule has 2 N–H and O–H groups in total. The van der Waals surface area contributed by atoms with Gasteiger partial charge in [-0.05, 0) is 35.9 Å². The van der Waals surface area contributed by atoms with Gasteiger partial charge in [0.05, 0.1) is 0 Å². The van der Waals surface area contributed by atoms with Crippen LogP contribution in [0.25, 0.3) is 0 Å². The minimum atomic E-state index is 0. The second-order valence-electron chi connectivity index (χ2n) is 4.64. The number of nitrogen functional groups attached to an aromatic ring is 1. The van der Waals surface area contributed by atoms with Crippen LogP contribution < -0.4 is 5.73 Å². The number of anilines is 1. The van der Waals surface area contributed by atoms with Gasteiger partial charge in [-0.3, -0.25) is 4.90 Å². The number of hydrogen-bond donors (Lipinski definition) is 1. The predicted molar refractivity (Wildman–Crippen MR) is 89.3 cm³/mol. The molecule has 2 aromatic rings. The Kier molecular flexibility index (Phi) is 6.86. The third kappa shape index (κ3) is 4.71. The maximum absolute atomic E-state index is 6.21. The summed E-state index contributed by atoms with van der Waals surface area (Å²) < 4.78 is 0. The molecule has 0 saturated heterocycles. The molecule has 0 aliphatic carbocycles. The molecule has 4 heteroatoms. The second kappa shape index (κ2) is 8.15. The van der Waals surface area contributed by atoms with E-state index < -0.39 is 0 Å². The highest BCUT2D eigenvalue weighted by Gasteiger charge is 2.07. The molecular formula is C16H20Cl2N2. The smallest absolute Gasteiger partial charge is 0.0451 e. The van der Waals surface area contributed by atoms with E-state index in [4.69, 9.17) is 17.3 Å². The predicted octanol–water partition coefficient (Wildman–Crippen LogP) is 4.37. The SMILES string of the molecule is CCN(Cc1cccc(N)c1)Cc1ccccc1Cl.Cl. The normalized spacial score (nSPS) is 10.3. The van der Waals surface area contributed by atoms with E-state index in [-0.39, 0.29) is 12.4 Å². The van der Waals surface area contributed by atoms with E-state index in [0.717, 1.165) is 35.9 Å². The fourth-order valence-electron chi connectivity index (χ4n) is 2.10. The minimum Gasteiger partial charge on any atom is -0.399 e. The van der Waals surface area contributed by atoms with E-state index in [1.54, 1.807) is 0 Å². The van der Waals surface area contributed by atoms with Crippen molar-refractivity contribution in [3.05, 3.63) is 64.7 Å². The summed E-state index contributed by atoms with van der Waals surface area (Å²) in [6.45, 7) is 4.86. The van der Waals surface area contributed by atoms with Gasteiger partial charge >= 0.3 is 0 Å². The van der Waals surface area contributed by atoms with E-state index in [0.29, 0.717) is 0 Å². The zero-order valence-electron chi connectivity index (χ0n) is 11.6. The van der Waals surface area contributed by atoms with Crippen molar-refractivity contribution in [2.75, 3.05) is 12.3 Å². The average Bonchev–Trinajstić information content (AvgIpc) is 2.40. The van der Waals surface area contributed by atoms with Crippen molar-refractivity contribution in [3.63, 3.8) is 0 Å². The summed E-state index contributed by atoms with van der Waals surface area (Å²) in [5.74, 6) is 0. The summed E-state index contributed by atoms with van der Waals surface area (Å²) in [5.41, 5.74) is 9.02. The van der Waals surface area contributed by atoms with Gasteiger partial charge in [-0.25, -0.2) is 0 Å². The Labute approximate surface area is 132 Å². The zero-order valence-corrected chi connectivity index (χ0v) is 13.1. The molecule has 20 heavy (non-hydrogen) atoms. The first-order valence-electron chi connectivity index (χ1n) is 6.49. The van der Waals surface area contributed by atoms with E-state index in [2.05, 4.69) is 24.0 Å². The quantitative estimate of drug-likeness (QED) is 0.831. The molecule has 0 spiro atoms. The number of halogens is 2. The molecule has 0 atom stereocenters. The molecule has 0 heterocycles. The number of hydrogen-bond acceptors (Lipinski definition) is 2. The molecule has 0 amide bonds. The number of nitrogens with zero attached hydrogens (tertiary/aromatic N) is 1. The highest BCUT2D eigenvalue weighted by Crippen LogP contribution is 2.18. The van der Waals surface area contributed by atoms with E-state index in [9.17, 15) is 0 Å². The van der Waals surface area contributed by atoms with Gasteiger partial charge < -0.3 is 5.73 Å². The van der Waals surface area contributed by atoms with Crippen LogP contribution in [-0.2, 0) is 13.1 Å². The van der Waals surface area contributed by atoms with Crippen molar-refractivity contribution >= 4 is 29.7 Å². The van der Waals surface area contributed by atoms with Crippen molar-refractivity contribution in [1.29, 1.82) is 0 Å². The maximum atomic E-state index is 6.21. The molecule has 0 aromatic heterocycles. The Hall–Kier alpha value is -1.22. The van der Waals surface area contributed by atoms with Gasteiger partial charge in [0.25, 0.3) is 0 Å². The summed E-state index contributed by atoms with van der Waals surface area (Å²) in [7, 11) is 0. The summed E-state index contributed by atoms with van der Waals surface area (Å²) in [5, 5.41) is 0.827. The zero-order chi connectivity index (χ0) is 13.7. The lowest BCUT2D eigenvalue weighted by molar-refractivity contribution is 0.271. The third-order valence-electron chi connectivity index (χ3n) is 3.16. The van der Waals surface area contributed by atoms with Crippen molar-refractivity contribution in [2.45, 2.75) is 20.0 Å². The first kappa shape index (κ1) is 16.8. The Morgan fingerprint density at radius 3 is 2.45 bits per heavy atom. The van der Waals surface area contributed by atoms with Crippen LogP contribution in [0.2, 0.25) is 5.02 Å². The van der Waals surface area contributed by atoms with Gasteiger partial charge in [0.15, 0.2) is 0 Å². The van der Waals surface area contributed by atoms with Crippen LogP contribution in [0.4, 0.5) is 5.69 Å². The summed E-state index contributed by atoms with van der Waals surface area (Å²) in [6, 6.07) is 16.0. The largest absolute Gasteiger partial charge is 0.399 e. The highest BCUT2D eigenvalue weighted by atomic mass is 35.5. The monoisotopic (exact) mass is 310 g/mol. The van der Waals surface area contributed by atoms with Gasteiger partial charge in [-0.1, -0.05) is 48.9 Å². The van der Waals surface area contributed by atoms with Gasteiger partial charge in [-0.2, -0.15) is 0 Å². The van der Waals surface area contributed by atoms with Crippen molar-refractivity contribution in [2.24, 2.45) is 0 Å². The molecular weight excluding hydrogens is 291 g/mol.